The van der Waals surface area contributed by atoms with Gasteiger partial charge < -0.3 is 10.2 Å². The second-order valence-corrected chi connectivity index (χ2v) is 7.31. The summed E-state index contributed by atoms with van der Waals surface area (Å²) >= 11 is 0. The van der Waals surface area contributed by atoms with Crippen LogP contribution in [0.5, 0.6) is 0 Å². The summed E-state index contributed by atoms with van der Waals surface area (Å²) in [5.41, 5.74) is 0.180. The predicted molar refractivity (Wildman–Crippen MR) is 73.0 cm³/mol. The highest BCUT2D eigenvalue weighted by atomic mass is 32.2. The fourth-order valence-corrected chi connectivity index (χ4v) is 2.72. The molecule has 0 aromatic rings. The van der Waals surface area contributed by atoms with Crippen molar-refractivity contribution >= 4 is 21.8 Å². The molecule has 104 valence electrons. The van der Waals surface area contributed by atoms with Crippen LogP contribution in [0.4, 0.5) is 0 Å². The van der Waals surface area contributed by atoms with Gasteiger partial charge in [-0.15, -0.1) is 4.40 Å². The number of sulfonamides is 1. The number of amidine groups is 1. The quantitative estimate of drug-likeness (QED) is 0.755. The lowest BCUT2D eigenvalue weighted by molar-refractivity contribution is -0.118. The molecule has 0 radical (unpaired) electrons. The van der Waals surface area contributed by atoms with E-state index in [-0.39, 0.29) is 17.2 Å². The number of carbonyl (C=O) groups is 1. The summed E-state index contributed by atoms with van der Waals surface area (Å²) in [6.45, 7) is 6.02. The van der Waals surface area contributed by atoms with Crippen molar-refractivity contribution in [3.8, 4) is 0 Å². The molecule has 2 aliphatic heterocycles. The average molecular weight is 283 g/mol. The van der Waals surface area contributed by atoms with Gasteiger partial charge in [0, 0.05) is 18.3 Å². The van der Waals surface area contributed by atoms with E-state index < -0.39 is 10.0 Å². The molecule has 0 aromatic carbocycles. The fraction of sp³-hybridized carbons (Fsp3) is 0.500. The van der Waals surface area contributed by atoms with Gasteiger partial charge in [0.15, 0.2) is 0 Å². The molecule has 19 heavy (non-hydrogen) atoms. The van der Waals surface area contributed by atoms with Gasteiger partial charge in [0.1, 0.15) is 5.84 Å². The van der Waals surface area contributed by atoms with Gasteiger partial charge in [-0.1, -0.05) is 0 Å². The lowest BCUT2D eigenvalue weighted by atomic mass is 10.1. The van der Waals surface area contributed by atoms with Crippen molar-refractivity contribution in [2.75, 3.05) is 12.3 Å². The van der Waals surface area contributed by atoms with Crippen molar-refractivity contribution in [1.82, 2.24) is 10.2 Å². The minimum absolute atomic E-state index is 0.0327. The van der Waals surface area contributed by atoms with Crippen LogP contribution in [0.25, 0.3) is 0 Å². The first kappa shape index (κ1) is 13.8. The van der Waals surface area contributed by atoms with Crippen LogP contribution in [0.2, 0.25) is 0 Å². The molecule has 6 nitrogen and oxygen atoms in total. The maximum absolute atomic E-state index is 12.0. The number of hydrogen-bond acceptors (Lipinski definition) is 4. The highest BCUT2D eigenvalue weighted by Gasteiger charge is 2.25. The van der Waals surface area contributed by atoms with E-state index in [4.69, 9.17) is 0 Å². The van der Waals surface area contributed by atoms with Crippen LogP contribution in [0.15, 0.2) is 28.3 Å². The summed E-state index contributed by atoms with van der Waals surface area (Å²) in [5.74, 6) is 0.143. The van der Waals surface area contributed by atoms with Crippen molar-refractivity contribution < 1.29 is 13.2 Å². The van der Waals surface area contributed by atoms with Crippen LogP contribution in [-0.2, 0) is 14.8 Å². The summed E-state index contributed by atoms with van der Waals surface area (Å²) in [6, 6.07) is 0. The molecular formula is C12H17N3O3S. The van der Waals surface area contributed by atoms with Gasteiger partial charge in [0.2, 0.25) is 0 Å². The molecule has 0 atom stereocenters. The molecule has 0 bridgehead atoms. The molecular weight excluding hydrogens is 266 g/mol. The van der Waals surface area contributed by atoms with Gasteiger partial charge in [-0.05, 0) is 32.9 Å². The lowest BCUT2D eigenvalue weighted by Gasteiger charge is -2.28. The Morgan fingerprint density at radius 2 is 2.05 bits per heavy atom. The third-order valence-corrected chi connectivity index (χ3v) is 3.74. The first-order valence-electron chi connectivity index (χ1n) is 5.98. The van der Waals surface area contributed by atoms with Crippen molar-refractivity contribution in [3.63, 3.8) is 0 Å². The Balaban J connectivity index is 2.20. The molecule has 7 heteroatoms. The molecule has 2 rings (SSSR count). The van der Waals surface area contributed by atoms with Crippen molar-refractivity contribution in [1.29, 1.82) is 0 Å². The van der Waals surface area contributed by atoms with Crippen LogP contribution in [-0.4, -0.2) is 42.9 Å². The van der Waals surface area contributed by atoms with E-state index in [1.54, 1.807) is 23.3 Å². The molecule has 0 aliphatic carbocycles. The predicted octanol–water partition coefficient (Wildman–Crippen LogP) is 0.399. The summed E-state index contributed by atoms with van der Waals surface area (Å²) in [7, 11) is -3.35. The van der Waals surface area contributed by atoms with Crippen LogP contribution < -0.4 is 5.32 Å². The van der Waals surface area contributed by atoms with Gasteiger partial charge in [-0.2, -0.15) is 0 Å². The minimum atomic E-state index is -3.35. The monoisotopic (exact) mass is 283 g/mol. The van der Waals surface area contributed by atoms with Crippen molar-refractivity contribution in [2.24, 2.45) is 4.40 Å². The number of amides is 1. The third kappa shape index (κ3) is 3.44. The highest BCUT2D eigenvalue weighted by molar-refractivity contribution is 7.90. The fourth-order valence-electron chi connectivity index (χ4n) is 1.75. The Morgan fingerprint density at radius 3 is 2.68 bits per heavy atom. The smallest absolute Gasteiger partial charge is 0.256 e. The molecule has 0 unspecified atom stereocenters. The first-order chi connectivity index (χ1) is 8.66. The number of nitrogens with one attached hydrogen (secondary N) is 1. The maximum atomic E-state index is 12.0. The van der Waals surface area contributed by atoms with Crippen molar-refractivity contribution in [3.05, 3.63) is 23.9 Å². The SMILES string of the molecule is CC(C)(C)NC(=O)C1=CN2CCS(=O)(=O)N=C2C=C1. The van der Waals surface area contributed by atoms with E-state index in [0.717, 1.165) is 0 Å². The number of nitrogens with zero attached hydrogens (tertiary/aromatic N) is 2. The average Bonchev–Trinajstić information content (AvgIpc) is 2.24. The Kier molecular flexibility index (Phi) is 3.25. The summed E-state index contributed by atoms with van der Waals surface area (Å²) in [4.78, 5) is 13.7. The van der Waals surface area contributed by atoms with Gasteiger partial charge in [0.25, 0.3) is 15.9 Å². The van der Waals surface area contributed by atoms with Crippen LogP contribution in [0.3, 0.4) is 0 Å². The number of rotatable bonds is 1. The van der Waals surface area contributed by atoms with E-state index in [2.05, 4.69) is 9.71 Å². The number of fused-ring (bicyclic) bond motifs is 1. The summed E-state index contributed by atoms with van der Waals surface area (Å²) in [6.07, 6.45) is 4.76. The molecule has 0 saturated carbocycles. The Bertz CT molecular complexity index is 594. The zero-order chi connectivity index (χ0) is 14.3. The topological polar surface area (TPSA) is 78.8 Å². The highest BCUT2D eigenvalue weighted by Crippen LogP contribution is 2.16. The van der Waals surface area contributed by atoms with Gasteiger partial charge in [-0.25, -0.2) is 8.42 Å². The van der Waals surface area contributed by atoms with E-state index in [9.17, 15) is 13.2 Å². The summed E-state index contributed by atoms with van der Waals surface area (Å²) < 4.78 is 26.4. The zero-order valence-corrected chi connectivity index (χ0v) is 12.0. The normalized spacial score (nSPS) is 21.3. The lowest BCUT2D eigenvalue weighted by Crippen LogP contribution is -2.43. The van der Waals surface area contributed by atoms with Crippen LogP contribution in [0, 0.1) is 0 Å². The van der Waals surface area contributed by atoms with Gasteiger partial charge >= 0.3 is 0 Å². The molecule has 0 aromatic heterocycles. The van der Waals surface area contributed by atoms with Crippen LogP contribution in [0.1, 0.15) is 20.8 Å². The van der Waals surface area contributed by atoms with Crippen LogP contribution >= 0.6 is 0 Å². The van der Waals surface area contributed by atoms with E-state index in [1.807, 2.05) is 20.8 Å². The molecule has 2 aliphatic rings. The molecule has 1 amide bonds. The van der Waals surface area contributed by atoms with Crippen molar-refractivity contribution in [2.45, 2.75) is 26.3 Å². The van der Waals surface area contributed by atoms with Gasteiger partial charge in [-0.3, -0.25) is 4.79 Å². The second-order valence-electron chi connectivity index (χ2n) is 5.55. The summed E-state index contributed by atoms with van der Waals surface area (Å²) in [5, 5.41) is 2.86. The largest absolute Gasteiger partial charge is 0.347 e. The Morgan fingerprint density at radius 1 is 1.37 bits per heavy atom. The second kappa shape index (κ2) is 4.48. The zero-order valence-electron chi connectivity index (χ0n) is 11.2. The van der Waals surface area contributed by atoms with E-state index >= 15 is 0 Å². The molecule has 0 spiro atoms. The Hall–Kier alpha value is -1.63. The molecule has 0 fully saturated rings. The van der Waals surface area contributed by atoms with Gasteiger partial charge in [0.05, 0.1) is 11.3 Å². The molecule has 0 saturated heterocycles. The Labute approximate surface area is 112 Å². The first-order valence-corrected chi connectivity index (χ1v) is 7.59. The number of hydrogen-bond donors (Lipinski definition) is 1. The molecule has 1 N–H and O–H groups in total. The number of carbonyl (C=O) groups excluding carboxylic acids is 1. The maximum Gasteiger partial charge on any atom is 0.256 e. The van der Waals surface area contributed by atoms with E-state index in [0.29, 0.717) is 18.0 Å². The standard InChI is InChI=1S/C12H17N3O3S/c1-12(2,3)13-11(16)9-4-5-10-14-19(17,18)7-6-15(10)8-9/h4-5,8H,6-7H2,1-3H3,(H,13,16). The van der Waals surface area contributed by atoms with E-state index in [1.165, 1.54) is 0 Å². The minimum Gasteiger partial charge on any atom is -0.347 e. The molecule has 2 heterocycles. The third-order valence-electron chi connectivity index (χ3n) is 2.57.